The lowest BCUT2D eigenvalue weighted by molar-refractivity contribution is -0.136. The van der Waals surface area contributed by atoms with E-state index in [2.05, 4.69) is 4.90 Å². The van der Waals surface area contributed by atoms with E-state index in [4.69, 9.17) is 13.9 Å². The fraction of sp³-hybridized carbons (Fsp3) is 0.385. The van der Waals surface area contributed by atoms with Gasteiger partial charge in [0.05, 0.1) is 19.8 Å². The van der Waals surface area contributed by atoms with Crippen LogP contribution in [0.5, 0.6) is 5.75 Å². The highest BCUT2D eigenvalue weighted by Crippen LogP contribution is 2.28. The molecule has 2 fully saturated rings. The number of morpholine rings is 1. The van der Waals surface area contributed by atoms with Crippen LogP contribution < -0.4 is 4.74 Å². The van der Waals surface area contributed by atoms with Crippen molar-refractivity contribution in [1.29, 1.82) is 0 Å². The minimum absolute atomic E-state index is 0. The summed E-state index contributed by atoms with van der Waals surface area (Å²) in [4.78, 5) is 31.8. The Labute approximate surface area is 210 Å². The van der Waals surface area contributed by atoms with Gasteiger partial charge in [-0.15, -0.1) is 12.4 Å². The maximum Gasteiger partial charge on any atom is 0.290 e. The second-order valence-corrected chi connectivity index (χ2v) is 8.57. The van der Waals surface area contributed by atoms with Crippen molar-refractivity contribution in [2.24, 2.45) is 0 Å². The molecule has 3 aromatic rings. The minimum Gasteiger partial charge on any atom is -0.489 e. The van der Waals surface area contributed by atoms with Gasteiger partial charge in [0, 0.05) is 50.2 Å². The first-order chi connectivity index (χ1) is 16.7. The number of ether oxygens (including phenoxy) is 2. The van der Waals surface area contributed by atoms with Crippen molar-refractivity contribution in [3.63, 3.8) is 0 Å². The zero-order valence-electron chi connectivity index (χ0n) is 19.6. The van der Waals surface area contributed by atoms with Gasteiger partial charge < -0.3 is 23.7 Å². The smallest absolute Gasteiger partial charge is 0.290 e. The lowest BCUT2D eigenvalue weighted by Gasteiger charge is -2.35. The fourth-order valence-electron chi connectivity index (χ4n) is 4.44. The SMILES string of the molecule is Cl.O=C(CN1CCN(C(=O)c2oc3ccccc3c2COc2ccccc2)CC1)N1CCOCC1. The van der Waals surface area contributed by atoms with Crippen LogP contribution in [0.25, 0.3) is 11.0 Å². The van der Waals surface area contributed by atoms with E-state index in [-0.39, 0.29) is 30.8 Å². The summed E-state index contributed by atoms with van der Waals surface area (Å²) in [5.41, 5.74) is 1.43. The van der Waals surface area contributed by atoms with Crippen LogP contribution in [0.4, 0.5) is 0 Å². The average molecular weight is 500 g/mol. The molecular weight excluding hydrogens is 470 g/mol. The van der Waals surface area contributed by atoms with Crippen molar-refractivity contribution in [3.05, 3.63) is 65.9 Å². The number of carbonyl (C=O) groups excluding carboxylic acids is 2. The Balaban J connectivity index is 0.00000289. The molecule has 0 unspecified atom stereocenters. The number of amides is 2. The molecule has 2 amide bonds. The average Bonchev–Trinajstić information content (AvgIpc) is 3.27. The van der Waals surface area contributed by atoms with Crippen molar-refractivity contribution < 1.29 is 23.5 Å². The van der Waals surface area contributed by atoms with Crippen LogP contribution in [0.3, 0.4) is 0 Å². The predicted octanol–water partition coefficient (Wildman–Crippen LogP) is 3.05. The zero-order valence-corrected chi connectivity index (χ0v) is 20.4. The number of rotatable bonds is 6. The topological polar surface area (TPSA) is 75.5 Å². The maximum absolute atomic E-state index is 13.4. The van der Waals surface area contributed by atoms with Crippen LogP contribution in [0.15, 0.2) is 59.0 Å². The molecule has 3 heterocycles. The van der Waals surface area contributed by atoms with Gasteiger partial charge in [0.15, 0.2) is 5.76 Å². The van der Waals surface area contributed by atoms with Crippen LogP contribution in [-0.2, 0) is 16.1 Å². The number of hydrogen-bond donors (Lipinski definition) is 0. The van der Waals surface area contributed by atoms with Gasteiger partial charge in [0.1, 0.15) is 17.9 Å². The first kappa shape index (κ1) is 25.0. The van der Waals surface area contributed by atoms with Gasteiger partial charge in [0.25, 0.3) is 5.91 Å². The largest absolute Gasteiger partial charge is 0.489 e. The molecule has 0 atom stereocenters. The third-order valence-electron chi connectivity index (χ3n) is 6.40. The van der Waals surface area contributed by atoms with Gasteiger partial charge >= 0.3 is 0 Å². The molecule has 0 N–H and O–H groups in total. The maximum atomic E-state index is 13.4. The monoisotopic (exact) mass is 499 g/mol. The number of carbonyl (C=O) groups is 2. The third kappa shape index (κ3) is 5.78. The number of benzene rings is 2. The molecule has 1 aromatic heterocycles. The van der Waals surface area contributed by atoms with Crippen molar-refractivity contribution in [2.45, 2.75) is 6.61 Å². The molecule has 186 valence electrons. The Hall–Kier alpha value is -3.07. The number of nitrogens with zero attached hydrogens (tertiary/aromatic N) is 3. The molecule has 0 spiro atoms. The number of fused-ring (bicyclic) bond motifs is 1. The van der Waals surface area contributed by atoms with Crippen molar-refractivity contribution >= 4 is 35.2 Å². The number of hydrogen-bond acceptors (Lipinski definition) is 6. The molecule has 5 rings (SSSR count). The van der Waals surface area contributed by atoms with E-state index in [1.807, 2.05) is 59.5 Å². The number of halogens is 1. The van der Waals surface area contributed by atoms with E-state index in [1.54, 1.807) is 4.90 Å². The summed E-state index contributed by atoms with van der Waals surface area (Å²) < 4.78 is 17.3. The van der Waals surface area contributed by atoms with Crippen LogP contribution in [0.1, 0.15) is 16.1 Å². The lowest BCUT2D eigenvalue weighted by Crippen LogP contribution is -2.52. The first-order valence-corrected chi connectivity index (χ1v) is 11.7. The minimum atomic E-state index is -0.137. The van der Waals surface area contributed by atoms with Crippen LogP contribution in [0, 0.1) is 0 Å². The highest BCUT2D eigenvalue weighted by atomic mass is 35.5. The Kier molecular flexibility index (Phi) is 8.28. The summed E-state index contributed by atoms with van der Waals surface area (Å²) in [6.07, 6.45) is 0. The number of para-hydroxylation sites is 2. The van der Waals surface area contributed by atoms with E-state index >= 15 is 0 Å². The second-order valence-electron chi connectivity index (χ2n) is 8.57. The number of furan rings is 1. The highest BCUT2D eigenvalue weighted by molar-refractivity contribution is 5.99. The van der Waals surface area contributed by atoms with Crippen molar-refractivity contribution in [3.8, 4) is 5.75 Å². The molecule has 2 aliphatic heterocycles. The van der Waals surface area contributed by atoms with Crippen LogP contribution in [0.2, 0.25) is 0 Å². The first-order valence-electron chi connectivity index (χ1n) is 11.7. The zero-order chi connectivity index (χ0) is 23.3. The van der Waals surface area contributed by atoms with E-state index in [9.17, 15) is 9.59 Å². The Morgan fingerprint density at radius 2 is 1.51 bits per heavy atom. The molecule has 35 heavy (non-hydrogen) atoms. The van der Waals surface area contributed by atoms with Crippen molar-refractivity contribution in [2.75, 3.05) is 59.0 Å². The van der Waals surface area contributed by atoms with Gasteiger partial charge in [-0.2, -0.15) is 0 Å². The van der Waals surface area contributed by atoms with Gasteiger partial charge in [-0.3, -0.25) is 14.5 Å². The molecule has 0 bridgehead atoms. The van der Waals surface area contributed by atoms with Crippen molar-refractivity contribution in [1.82, 2.24) is 14.7 Å². The van der Waals surface area contributed by atoms with Gasteiger partial charge in [-0.25, -0.2) is 0 Å². The molecule has 2 aromatic carbocycles. The molecule has 0 radical (unpaired) electrons. The van der Waals surface area contributed by atoms with Gasteiger partial charge in [-0.1, -0.05) is 36.4 Å². The van der Waals surface area contributed by atoms with Crippen LogP contribution >= 0.6 is 12.4 Å². The van der Waals surface area contributed by atoms with E-state index < -0.39 is 0 Å². The summed E-state index contributed by atoms with van der Waals surface area (Å²) >= 11 is 0. The van der Waals surface area contributed by atoms with E-state index in [0.717, 1.165) is 16.7 Å². The lowest BCUT2D eigenvalue weighted by atomic mass is 10.1. The molecule has 2 saturated heterocycles. The Bertz CT molecular complexity index is 1140. The number of piperazine rings is 1. The van der Waals surface area contributed by atoms with Crippen LogP contribution in [-0.4, -0.2) is 85.5 Å². The molecule has 8 nitrogen and oxygen atoms in total. The predicted molar refractivity (Wildman–Crippen MR) is 134 cm³/mol. The third-order valence-corrected chi connectivity index (χ3v) is 6.40. The molecule has 9 heteroatoms. The quantitative estimate of drug-likeness (QED) is 0.519. The second kappa shape index (κ2) is 11.6. The molecular formula is C26H30ClN3O5. The van der Waals surface area contributed by atoms with Gasteiger partial charge in [-0.05, 0) is 18.2 Å². The normalized spacial score (nSPS) is 16.7. The summed E-state index contributed by atoms with van der Waals surface area (Å²) in [6.45, 7) is 5.52. The van der Waals surface area contributed by atoms with E-state index in [0.29, 0.717) is 70.4 Å². The summed E-state index contributed by atoms with van der Waals surface area (Å²) in [6, 6.07) is 17.2. The Morgan fingerprint density at radius 3 is 2.26 bits per heavy atom. The summed E-state index contributed by atoms with van der Waals surface area (Å²) in [5.74, 6) is 1.06. The summed E-state index contributed by atoms with van der Waals surface area (Å²) in [5, 5.41) is 0.886. The molecule has 2 aliphatic rings. The highest BCUT2D eigenvalue weighted by Gasteiger charge is 2.29. The van der Waals surface area contributed by atoms with E-state index in [1.165, 1.54) is 0 Å². The standard InChI is InChI=1S/C26H29N3O5.ClH/c30-24(28-14-16-32-17-15-28)18-27-10-12-29(13-11-27)26(31)25-22(19-33-20-6-2-1-3-7-20)21-8-4-5-9-23(21)34-25;/h1-9H,10-19H2;1H. The molecule has 0 aliphatic carbocycles. The Morgan fingerprint density at radius 1 is 0.829 bits per heavy atom. The van der Waals surface area contributed by atoms with Gasteiger partial charge in [0.2, 0.25) is 5.91 Å². The fourth-order valence-corrected chi connectivity index (χ4v) is 4.44. The summed E-state index contributed by atoms with van der Waals surface area (Å²) in [7, 11) is 0. The molecule has 0 saturated carbocycles.